The zero-order valence-corrected chi connectivity index (χ0v) is 11.7. The fourth-order valence-corrected chi connectivity index (χ4v) is 2.88. The van der Waals surface area contributed by atoms with Crippen LogP contribution in [0.3, 0.4) is 0 Å². The van der Waals surface area contributed by atoms with Crippen LogP contribution in [0.4, 0.5) is 4.39 Å². The number of hydrogen-bond donors (Lipinski definition) is 1. The van der Waals surface area contributed by atoms with E-state index >= 15 is 0 Å². The van der Waals surface area contributed by atoms with Crippen LogP contribution < -0.4 is 5.32 Å². The summed E-state index contributed by atoms with van der Waals surface area (Å²) in [7, 11) is 1.85. The smallest absolute Gasteiger partial charge is 0.146 e. The van der Waals surface area contributed by atoms with Gasteiger partial charge in [0.1, 0.15) is 5.82 Å². The number of aryl methyl sites for hydroxylation is 1. The predicted octanol–water partition coefficient (Wildman–Crippen LogP) is 4.43. The van der Waals surface area contributed by atoms with E-state index in [0.29, 0.717) is 5.56 Å². The Hall–Kier alpha value is -0.900. The first-order valence-corrected chi connectivity index (χ1v) is 7.16. The molecule has 0 bridgehead atoms. The van der Waals surface area contributed by atoms with Gasteiger partial charge in [-0.2, -0.15) is 11.3 Å². The summed E-state index contributed by atoms with van der Waals surface area (Å²) in [5, 5.41) is 7.52. The molecule has 1 unspecified atom stereocenters. The van der Waals surface area contributed by atoms with Crippen LogP contribution in [-0.2, 0) is 6.42 Å². The molecule has 96 valence electrons. The monoisotopic (exact) mass is 283 g/mol. The van der Waals surface area contributed by atoms with Crippen LogP contribution in [-0.4, -0.2) is 7.05 Å². The molecule has 2 rings (SSSR count). The van der Waals surface area contributed by atoms with Gasteiger partial charge in [-0.3, -0.25) is 0 Å². The van der Waals surface area contributed by atoms with E-state index < -0.39 is 0 Å². The molecule has 1 atom stereocenters. The first kappa shape index (κ1) is 13.5. The lowest BCUT2D eigenvalue weighted by Gasteiger charge is -2.17. The number of thiophene rings is 1. The first-order chi connectivity index (χ1) is 8.72. The molecule has 0 radical (unpaired) electrons. The molecule has 0 spiro atoms. The van der Waals surface area contributed by atoms with Crippen molar-refractivity contribution in [1.29, 1.82) is 0 Å². The zero-order valence-electron chi connectivity index (χ0n) is 10.1. The molecule has 1 aromatic carbocycles. The Morgan fingerprint density at radius 2 is 2.22 bits per heavy atom. The summed E-state index contributed by atoms with van der Waals surface area (Å²) in [5.41, 5.74) is 1.93. The predicted molar refractivity (Wildman–Crippen MR) is 75.9 cm³/mol. The second-order valence-electron chi connectivity index (χ2n) is 4.15. The maximum Gasteiger partial charge on any atom is 0.146 e. The van der Waals surface area contributed by atoms with E-state index in [4.69, 9.17) is 11.6 Å². The minimum absolute atomic E-state index is 0.0106. The average molecular weight is 284 g/mol. The van der Waals surface area contributed by atoms with Gasteiger partial charge >= 0.3 is 0 Å². The van der Waals surface area contributed by atoms with Crippen LogP contribution in [0.25, 0.3) is 0 Å². The van der Waals surface area contributed by atoms with E-state index in [2.05, 4.69) is 22.1 Å². The normalized spacial score (nSPS) is 12.6. The van der Waals surface area contributed by atoms with Crippen molar-refractivity contribution < 1.29 is 4.39 Å². The molecule has 0 saturated carbocycles. The van der Waals surface area contributed by atoms with Crippen molar-refractivity contribution in [3.63, 3.8) is 0 Å². The molecule has 1 heterocycles. The summed E-state index contributed by atoms with van der Waals surface area (Å²) in [6.07, 6.45) is 1.78. The van der Waals surface area contributed by atoms with Crippen molar-refractivity contribution >= 4 is 22.9 Å². The maximum absolute atomic E-state index is 13.9. The maximum atomic E-state index is 13.9. The van der Waals surface area contributed by atoms with Gasteiger partial charge in [0, 0.05) is 11.6 Å². The van der Waals surface area contributed by atoms with Crippen molar-refractivity contribution in [1.82, 2.24) is 5.32 Å². The molecular formula is C14H15ClFNS. The van der Waals surface area contributed by atoms with Crippen molar-refractivity contribution in [2.75, 3.05) is 7.05 Å². The van der Waals surface area contributed by atoms with Gasteiger partial charge in [-0.05, 0) is 48.3 Å². The highest BCUT2D eigenvalue weighted by Crippen LogP contribution is 2.26. The summed E-state index contributed by atoms with van der Waals surface area (Å²) >= 11 is 7.50. The van der Waals surface area contributed by atoms with Gasteiger partial charge in [-0.15, -0.1) is 0 Å². The Morgan fingerprint density at radius 1 is 1.39 bits per heavy atom. The summed E-state index contributed by atoms with van der Waals surface area (Å²) in [6, 6.07) is 7.24. The number of nitrogens with one attached hydrogen (secondary N) is 1. The van der Waals surface area contributed by atoms with Crippen LogP contribution >= 0.6 is 22.9 Å². The summed E-state index contributed by atoms with van der Waals surface area (Å²) in [6.45, 7) is 0. The molecule has 0 amide bonds. The standard InChI is InChI=1S/C14H15ClFNS/c1-17-13(6-5-10-7-8-18-9-10)11-3-2-4-12(15)14(11)16/h2-4,7-9,13,17H,5-6H2,1H3. The molecule has 0 aliphatic carbocycles. The molecule has 0 fully saturated rings. The molecule has 2 aromatic rings. The van der Waals surface area contributed by atoms with E-state index in [0.717, 1.165) is 12.8 Å². The van der Waals surface area contributed by atoms with Gasteiger partial charge in [0.15, 0.2) is 0 Å². The van der Waals surface area contributed by atoms with Gasteiger partial charge < -0.3 is 5.32 Å². The lowest BCUT2D eigenvalue weighted by molar-refractivity contribution is 0.509. The minimum Gasteiger partial charge on any atom is -0.313 e. The third kappa shape index (κ3) is 3.10. The fraction of sp³-hybridized carbons (Fsp3) is 0.286. The molecular weight excluding hydrogens is 269 g/mol. The zero-order chi connectivity index (χ0) is 13.0. The Labute approximate surface area is 116 Å². The topological polar surface area (TPSA) is 12.0 Å². The lowest BCUT2D eigenvalue weighted by atomic mass is 10.00. The van der Waals surface area contributed by atoms with Crippen LogP contribution in [0, 0.1) is 5.82 Å². The Morgan fingerprint density at radius 3 is 2.89 bits per heavy atom. The van der Waals surface area contributed by atoms with E-state index in [-0.39, 0.29) is 16.9 Å². The summed E-state index contributed by atoms with van der Waals surface area (Å²) in [5.74, 6) is -0.316. The van der Waals surface area contributed by atoms with E-state index in [1.54, 1.807) is 29.5 Å². The molecule has 18 heavy (non-hydrogen) atoms. The first-order valence-electron chi connectivity index (χ1n) is 5.84. The van der Waals surface area contributed by atoms with Crippen LogP contribution in [0.5, 0.6) is 0 Å². The van der Waals surface area contributed by atoms with E-state index in [9.17, 15) is 4.39 Å². The van der Waals surface area contributed by atoms with E-state index in [1.165, 1.54) is 5.56 Å². The summed E-state index contributed by atoms with van der Waals surface area (Å²) < 4.78 is 13.9. The Balaban J connectivity index is 2.10. The molecule has 1 N–H and O–H groups in total. The fourth-order valence-electron chi connectivity index (χ4n) is 1.99. The molecule has 0 aliphatic heterocycles. The van der Waals surface area contributed by atoms with Crippen molar-refractivity contribution in [2.24, 2.45) is 0 Å². The lowest BCUT2D eigenvalue weighted by Crippen LogP contribution is -2.18. The number of benzene rings is 1. The van der Waals surface area contributed by atoms with Gasteiger partial charge in [0.25, 0.3) is 0 Å². The van der Waals surface area contributed by atoms with Crippen molar-refractivity contribution in [2.45, 2.75) is 18.9 Å². The highest BCUT2D eigenvalue weighted by atomic mass is 35.5. The third-order valence-corrected chi connectivity index (χ3v) is 4.03. The minimum atomic E-state index is -0.316. The highest BCUT2D eigenvalue weighted by Gasteiger charge is 2.15. The average Bonchev–Trinajstić information content (AvgIpc) is 2.88. The van der Waals surface area contributed by atoms with Crippen LogP contribution in [0.1, 0.15) is 23.6 Å². The number of halogens is 2. The van der Waals surface area contributed by atoms with Gasteiger partial charge in [0.2, 0.25) is 0 Å². The highest BCUT2D eigenvalue weighted by molar-refractivity contribution is 7.07. The molecule has 1 nitrogen and oxygen atoms in total. The second kappa shape index (κ2) is 6.32. The third-order valence-electron chi connectivity index (χ3n) is 3.01. The molecule has 1 aromatic heterocycles. The second-order valence-corrected chi connectivity index (χ2v) is 5.34. The SMILES string of the molecule is CNC(CCc1ccsc1)c1cccc(Cl)c1F. The molecule has 0 aliphatic rings. The van der Waals surface area contributed by atoms with Gasteiger partial charge in [0.05, 0.1) is 5.02 Å². The van der Waals surface area contributed by atoms with Crippen molar-refractivity contribution in [3.8, 4) is 0 Å². The van der Waals surface area contributed by atoms with Gasteiger partial charge in [-0.25, -0.2) is 4.39 Å². The van der Waals surface area contributed by atoms with Crippen LogP contribution in [0.15, 0.2) is 35.0 Å². The van der Waals surface area contributed by atoms with Gasteiger partial charge in [-0.1, -0.05) is 23.7 Å². The largest absolute Gasteiger partial charge is 0.313 e. The molecule has 4 heteroatoms. The number of rotatable bonds is 5. The summed E-state index contributed by atoms with van der Waals surface area (Å²) in [4.78, 5) is 0. The molecule has 0 saturated heterocycles. The number of hydrogen-bond acceptors (Lipinski definition) is 2. The Bertz CT molecular complexity index is 499. The van der Waals surface area contributed by atoms with E-state index in [1.807, 2.05) is 7.05 Å². The van der Waals surface area contributed by atoms with Crippen LogP contribution in [0.2, 0.25) is 5.02 Å². The van der Waals surface area contributed by atoms with Crippen molar-refractivity contribution in [3.05, 3.63) is 57.0 Å². The quantitative estimate of drug-likeness (QED) is 0.856. The Kier molecular flexibility index (Phi) is 4.75.